The van der Waals surface area contributed by atoms with Crippen LogP contribution in [0.25, 0.3) is 0 Å². The van der Waals surface area contributed by atoms with E-state index >= 15 is 0 Å². The first-order valence-corrected chi connectivity index (χ1v) is 30.9. The summed E-state index contributed by atoms with van der Waals surface area (Å²) in [6, 6.07) is 3.87. The number of nitrogens with zero attached hydrogens (tertiary/aromatic N) is 8. The highest BCUT2D eigenvalue weighted by Gasteiger charge is 2.36. The summed E-state index contributed by atoms with van der Waals surface area (Å²) >= 11 is 0. The van der Waals surface area contributed by atoms with Crippen molar-refractivity contribution in [3.05, 3.63) is 0 Å². The molecule has 0 aliphatic carbocycles. The molecule has 7 fully saturated rings. The molecule has 0 aromatic carbocycles. The lowest BCUT2D eigenvalue weighted by atomic mass is 9.78. The summed E-state index contributed by atoms with van der Waals surface area (Å²) in [5, 5.41) is 8.66. The van der Waals surface area contributed by atoms with Crippen molar-refractivity contribution in [2.24, 2.45) is 11.3 Å². The molecule has 0 bridgehead atoms. The fraction of sp³-hybridized carbons (Fsp3) is 0.981. The average Bonchev–Trinajstić information content (AvgIpc) is 3.82. The van der Waals surface area contributed by atoms with Gasteiger partial charge in [0.1, 0.15) is 6.61 Å². The lowest BCUT2D eigenvalue weighted by Crippen LogP contribution is -2.51. The van der Waals surface area contributed by atoms with Crippen molar-refractivity contribution in [2.45, 2.75) is 179 Å². The standard InChI is InChI=1S/C9H18N2O2.C8H18N2O2S.C8H17N.C7H15NO2S.C7H15N.C7H14O.C6H13N/c1-8(2)10-3-5-11(6-4-10)9(13)7-12;1-8(2)9-4-6-10(7-5-9)13(3,11)12;1-8(2)9-6-4-3-5-7-9;1-7(2)8-3-5-11(9,10)6-4-8;1-7(2)8-5-3-4-6-8;1-6(2)7(3)4-8-5-7;1-6(2)7-4-3-5-7/h8,12H,3-7H2,1-2H3;8H,4-7H2,1-3H3;8H,3-7H2,1-2H3;7H,3-6H2,1-2H3;7H,3-6H2,1-2H3;6H,4-5H2,1-3H3;6H,3-5H2,1-2H3. The Morgan fingerprint density at radius 2 is 0.797 bits per heavy atom. The first-order valence-electron chi connectivity index (χ1n) is 27.2. The number of piperidine rings is 1. The van der Waals surface area contributed by atoms with Crippen LogP contribution in [0, 0.1) is 11.3 Å². The Bertz CT molecular complexity index is 1530. The van der Waals surface area contributed by atoms with Crippen molar-refractivity contribution in [1.29, 1.82) is 0 Å². The van der Waals surface area contributed by atoms with Crippen LogP contribution in [-0.2, 0) is 29.4 Å². The second kappa shape index (κ2) is 33.8. The number of hydrogen-bond donors (Lipinski definition) is 1. The second-order valence-corrected chi connectivity index (χ2v) is 26.8. The molecule has 0 atom stereocenters. The molecule has 412 valence electrons. The number of sulfonamides is 1. The maximum Gasteiger partial charge on any atom is 0.248 e. The van der Waals surface area contributed by atoms with Gasteiger partial charge in [0.15, 0.2) is 9.84 Å². The first-order chi connectivity index (χ1) is 32.1. The van der Waals surface area contributed by atoms with E-state index in [9.17, 15) is 21.6 Å². The minimum Gasteiger partial charge on any atom is -0.387 e. The number of sulfone groups is 1. The van der Waals surface area contributed by atoms with E-state index in [2.05, 4.69) is 133 Å². The van der Waals surface area contributed by atoms with Crippen molar-refractivity contribution in [3.63, 3.8) is 0 Å². The number of aliphatic hydroxyl groups excluding tert-OH is 1. The summed E-state index contributed by atoms with van der Waals surface area (Å²) in [5.41, 5.74) is 0.500. The van der Waals surface area contributed by atoms with Crippen LogP contribution in [0.1, 0.15) is 142 Å². The SMILES string of the molecule is CC(C)C1(C)COC1.CC(C)N1CCC1.CC(C)N1CCCC1.CC(C)N1CCCCC1.CC(C)N1CCN(C(=O)CO)CC1.CC(C)N1CCN(S(C)(=O)=O)CC1.CC(C)N1CCS(=O)(=O)CC1. The van der Waals surface area contributed by atoms with Gasteiger partial charge < -0.3 is 29.4 Å². The number of carbonyl (C=O) groups excluding carboxylic acids is 1. The molecule has 1 N–H and O–H groups in total. The van der Waals surface area contributed by atoms with Crippen molar-refractivity contribution < 1.29 is 31.5 Å². The Morgan fingerprint density at radius 3 is 1.03 bits per heavy atom. The van der Waals surface area contributed by atoms with E-state index in [0.29, 0.717) is 61.2 Å². The molecule has 0 aromatic rings. The third-order valence-corrected chi connectivity index (χ3v) is 17.9. The van der Waals surface area contributed by atoms with Crippen molar-refractivity contribution >= 4 is 25.8 Å². The Labute approximate surface area is 426 Å². The highest BCUT2D eigenvalue weighted by molar-refractivity contribution is 7.91. The van der Waals surface area contributed by atoms with Crippen LogP contribution >= 0.6 is 0 Å². The number of carbonyl (C=O) groups is 1. The highest BCUT2D eigenvalue weighted by atomic mass is 32.2. The van der Waals surface area contributed by atoms with Crippen molar-refractivity contribution in [3.8, 4) is 0 Å². The van der Waals surface area contributed by atoms with Crippen molar-refractivity contribution in [2.75, 3.05) is 142 Å². The Hall–Kier alpha value is -0.990. The average molecular weight is 1020 g/mol. The zero-order chi connectivity index (χ0) is 52.5. The van der Waals surface area contributed by atoms with E-state index in [-0.39, 0.29) is 12.5 Å². The van der Waals surface area contributed by atoms with E-state index in [0.717, 1.165) is 76.5 Å². The van der Waals surface area contributed by atoms with E-state index in [1.165, 1.54) is 84.0 Å². The van der Waals surface area contributed by atoms with E-state index < -0.39 is 19.9 Å². The van der Waals surface area contributed by atoms with Crippen molar-refractivity contribution in [1.82, 2.24) is 38.6 Å². The summed E-state index contributed by atoms with van der Waals surface area (Å²) in [6.07, 6.45) is 9.80. The van der Waals surface area contributed by atoms with Gasteiger partial charge in [0.25, 0.3) is 0 Å². The fourth-order valence-corrected chi connectivity index (χ4v) is 10.7. The predicted octanol–water partition coefficient (Wildman–Crippen LogP) is 5.78. The maximum absolute atomic E-state index is 11.2. The molecule has 7 heterocycles. The predicted molar refractivity (Wildman–Crippen MR) is 290 cm³/mol. The molecule has 0 saturated carbocycles. The quantitative estimate of drug-likeness (QED) is 0.299. The number of hydrogen-bond acceptors (Lipinski definition) is 13. The maximum atomic E-state index is 11.2. The van der Waals surface area contributed by atoms with Gasteiger partial charge in [-0.2, -0.15) is 4.31 Å². The molecule has 0 aromatic heterocycles. The van der Waals surface area contributed by atoms with Crippen LogP contribution < -0.4 is 0 Å². The number of rotatable bonds is 9. The lowest BCUT2D eigenvalue weighted by Gasteiger charge is -2.41. The van der Waals surface area contributed by atoms with E-state index in [1.54, 1.807) is 9.21 Å². The molecule has 7 aliphatic rings. The van der Waals surface area contributed by atoms with Gasteiger partial charge in [-0.15, -0.1) is 0 Å². The van der Waals surface area contributed by atoms with Crippen LogP contribution in [0.3, 0.4) is 0 Å². The molecule has 0 unspecified atom stereocenters. The van der Waals surface area contributed by atoms with E-state index in [1.807, 2.05) is 0 Å². The molecule has 1 amide bonds. The van der Waals surface area contributed by atoms with Gasteiger partial charge in [0.05, 0.1) is 31.0 Å². The van der Waals surface area contributed by atoms with Gasteiger partial charge >= 0.3 is 0 Å². The molecule has 17 heteroatoms. The minimum absolute atomic E-state index is 0.150. The highest BCUT2D eigenvalue weighted by Crippen LogP contribution is 2.34. The summed E-state index contributed by atoms with van der Waals surface area (Å²) in [6.45, 7) is 50.4. The van der Waals surface area contributed by atoms with Crippen LogP contribution in [-0.4, -0.2) is 245 Å². The molecule has 69 heavy (non-hydrogen) atoms. The minimum atomic E-state index is -2.97. The Balaban J connectivity index is 0.000000407. The summed E-state index contributed by atoms with van der Waals surface area (Å²) in [7, 11) is -5.66. The Kier molecular flexibility index (Phi) is 32.3. The van der Waals surface area contributed by atoms with Gasteiger partial charge in [0, 0.05) is 107 Å². The largest absolute Gasteiger partial charge is 0.387 e. The number of amides is 1. The Morgan fingerprint density at radius 1 is 0.493 bits per heavy atom. The van der Waals surface area contributed by atoms with Gasteiger partial charge in [-0.25, -0.2) is 16.8 Å². The topological polar surface area (TPSA) is 141 Å². The zero-order valence-electron chi connectivity index (χ0n) is 47.4. The second-order valence-electron chi connectivity index (χ2n) is 22.6. The summed E-state index contributed by atoms with van der Waals surface area (Å²) < 4.78 is 51.0. The van der Waals surface area contributed by atoms with Crippen LogP contribution in [0.2, 0.25) is 0 Å². The zero-order valence-corrected chi connectivity index (χ0v) is 49.1. The smallest absolute Gasteiger partial charge is 0.248 e. The fourth-order valence-electron chi connectivity index (χ4n) is 8.69. The summed E-state index contributed by atoms with van der Waals surface area (Å²) in [5.74, 6) is 1.30. The van der Waals surface area contributed by atoms with Crippen LogP contribution in [0.5, 0.6) is 0 Å². The molecule has 7 saturated heterocycles. The molecular weight excluding hydrogens is 913 g/mol. The molecular formula is C52H110N8O7S2. The third-order valence-electron chi connectivity index (χ3n) is 15.0. The molecule has 0 radical (unpaired) electrons. The first kappa shape index (κ1) is 66.0. The molecule has 0 spiro atoms. The third kappa shape index (κ3) is 27.2. The normalized spacial score (nSPS) is 22.9. The summed E-state index contributed by atoms with van der Waals surface area (Å²) in [4.78, 5) is 27.2. The molecule has 15 nitrogen and oxygen atoms in total. The molecule has 7 aliphatic heterocycles. The van der Waals surface area contributed by atoms with Crippen LogP contribution in [0.15, 0.2) is 0 Å². The van der Waals surface area contributed by atoms with Gasteiger partial charge in [-0.05, 0) is 160 Å². The number of piperazine rings is 2. The van der Waals surface area contributed by atoms with Gasteiger partial charge in [-0.3, -0.25) is 19.5 Å². The van der Waals surface area contributed by atoms with E-state index in [4.69, 9.17) is 9.84 Å². The molecule has 7 rings (SSSR count). The van der Waals surface area contributed by atoms with Gasteiger partial charge in [-0.1, -0.05) is 27.2 Å². The number of ether oxygens (including phenoxy) is 1. The number of likely N-dealkylation sites (tertiary alicyclic amines) is 3. The number of aliphatic hydroxyl groups is 1. The monoisotopic (exact) mass is 1020 g/mol. The lowest BCUT2D eigenvalue weighted by molar-refractivity contribution is -0.136. The van der Waals surface area contributed by atoms with Crippen LogP contribution in [0.4, 0.5) is 0 Å². The van der Waals surface area contributed by atoms with Gasteiger partial charge in [0.2, 0.25) is 15.9 Å².